The van der Waals surface area contributed by atoms with E-state index in [1.165, 1.54) is 0 Å². The third-order valence-electron chi connectivity index (χ3n) is 5.69. The summed E-state index contributed by atoms with van der Waals surface area (Å²) in [6.45, 7) is 13.8. The average molecular weight is 368 g/mol. The van der Waals surface area contributed by atoms with Crippen molar-refractivity contribution in [1.29, 1.82) is 0 Å². The molecule has 1 radical (unpaired) electrons. The number of halogens is 1. The van der Waals surface area contributed by atoms with Gasteiger partial charge in [-0.25, -0.2) is 4.39 Å². The van der Waals surface area contributed by atoms with Crippen molar-refractivity contribution in [1.82, 2.24) is 0 Å². The van der Waals surface area contributed by atoms with Crippen molar-refractivity contribution in [2.24, 2.45) is 0 Å². The summed E-state index contributed by atoms with van der Waals surface area (Å²) in [5, 5.41) is 3.61. The summed E-state index contributed by atoms with van der Waals surface area (Å²) in [6, 6.07) is 16.3. The quantitative estimate of drug-likeness (QED) is 0.335. The van der Waals surface area contributed by atoms with Gasteiger partial charge in [0.2, 0.25) is 0 Å². The van der Waals surface area contributed by atoms with Crippen LogP contribution in [0.3, 0.4) is 0 Å². The van der Waals surface area contributed by atoms with Crippen molar-refractivity contribution in [3.05, 3.63) is 54.3 Å². The molecule has 26 heavy (non-hydrogen) atoms. The second-order valence-corrected chi connectivity index (χ2v) is 13.5. The summed E-state index contributed by atoms with van der Waals surface area (Å²) in [7, 11) is -1.98. The van der Waals surface area contributed by atoms with Gasteiger partial charge in [0, 0.05) is 11.5 Å². The van der Waals surface area contributed by atoms with Gasteiger partial charge in [0.1, 0.15) is 11.6 Å². The molecule has 0 bridgehead atoms. The number of fused-ring (bicyclic) bond motifs is 2. The molecular formula is C23H28FOSi. The summed E-state index contributed by atoms with van der Waals surface area (Å²) in [5.41, 5.74) is 1.58. The Morgan fingerprint density at radius 2 is 1.46 bits per heavy atom. The van der Waals surface area contributed by atoms with Gasteiger partial charge in [0.05, 0.1) is 0 Å². The molecule has 0 aromatic heterocycles. The van der Waals surface area contributed by atoms with Crippen LogP contribution in [0, 0.1) is 11.9 Å². The molecule has 3 heteroatoms. The first kappa shape index (κ1) is 18.9. The van der Waals surface area contributed by atoms with Crippen LogP contribution in [-0.2, 0) is 0 Å². The largest absolute Gasteiger partial charge is 0.543 e. The molecule has 0 aliphatic heterocycles. The van der Waals surface area contributed by atoms with E-state index in [-0.39, 0.29) is 5.82 Å². The van der Waals surface area contributed by atoms with Crippen molar-refractivity contribution in [2.45, 2.75) is 58.2 Å². The Balaban J connectivity index is 2.09. The number of rotatable bonds is 5. The summed E-state index contributed by atoms with van der Waals surface area (Å²) < 4.78 is 20.8. The van der Waals surface area contributed by atoms with Gasteiger partial charge >= 0.3 is 0 Å². The summed E-state index contributed by atoms with van der Waals surface area (Å²) in [5.74, 6) is 0.637. The topological polar surface area (TPSA) is 9.23 Å². The third kappa shape index (κ3) is 3.14. The van der Waals surface area contributed by atoms with E-state index in [0.29, 0.717) is 22.0 Å². The molecule has 0 atom stereocenters. The average Bonchev–Trinajstić information content (AvgIpc) is 2.57. The summed E-state index contributed by atoms with van der Waals surface area (Å²) in [4.78, 5) is 0. The zero-order chi connectivity index (χ0) is 19.1. The van der Waals surface area contributed by atoms with Gasteiger partial charge in [0.15, 0.2) is 0 Å². The lowest BCUT2D eigenvalue weighted by atomic mass is 10.0. The van der Waals surface area contributed by atoms with Crippen LogP contribution in [0.15, 0.2) is 42.5 Å². The van der Waals surface area contributed by atoms with E-state index in [9.17, 15) is 4.39 Å². The minimum Gasteiger partial charge on any atom is -0.543 e. The number of hydrogen-bond acceptors (Lipinski definition) is 1. The van der Waals surface area contributed by atoms with E-state index in [1.807, 2.05) is 30.3 Å². The fourth-order valence-corrected chi connectivity index (χ4v) is 9.77. The molecule has 0 aliphatic rings. The van der Waals surface area contributed by atoms with Crippen LogP contribution in [-0.4, -0.2) is 8.32 Å². The Kier molecular flexibility index (Phi) is 5.11. The first-order valence-electron chi connectivity index (χ1n) is 9.48. The van der Waals surface area contributed by atoms with Gasteiger partial charge in [0.25, 0.3) is 8.32 Å². The fourth-order valence-electron chi connectivity index (χ4n) is 4.52. The van der Waals surface area contributed by atoms with Crippen molar-refractivity contribution in [2.75, 3.05) is 0 Å². The molecule has 0 saturated heterocycles. The zero-order valence-electron chi connectivity index (χ0n) is 16.6. The molecular weight excluding hydrogens is 339 g/mol. The highest BCUT2D eigenvalue weighted by atomic mass is 28.4. The summed E-state index contributed by atoms with van der Waals surface area (Å²) in [6.07, 6.45) is 0. The minimum absolute atomic E-state index is 0.296. The Morgan fingerprint density at radius 1 is 0.808 bits per heavy atom. The standard InChI is InChI=1S/C23H28FOSi/c1-15(2)26(16(3)4,17(5)6)25-21-11-10-18-14-22-19(12-20(18)13-21)8-7-9-23(22)24/h7-8,10-17H,1-6H3. The Bertz CT molecular complexity index is 908. The molecule has 1 nitrogen and oxygen atoms in total. The summed E-state index contributed by atoms with van der Waals surface area (Å²) >= 11 is 0. The van der Waals surface area contributed by atoms with Crippen molar-refractivity contribution in [3.63, 3.8) is 0 Å². The predicted octanol–water partition coefficient (Wildman–Crippen LogP) is 7.49. The zero-order valence-corrected chi connectivity index (χ0v) is 17.6. The molecule has 0 spiro atoms. The van der Waals surface area contributed by atoms with E-state index in [4.69, 9.17) is 4.43 Å². The van der Waals surface area contributed by atoms with Gasteiger partial charge < -0.3 is 4.43 Å². The number of hydrogen-bond donors (Lipinski definition) is 0. The molecule has 0 N–H and O–H groups in total. The van der Waals surface area contributed by atoms with Crippen LogP contribution in [0.1, 0.15) is 41.5 Å². The highest BCUT2D eigenvalue weighted by Gasteiger charge is 2.46. The Hall–Kier alpha value is -1.87. The van der Waals surface area contributed by atoms with E-state index in [1.54, 1.807) is 6.07 Å². The van der Waals surface area contributed by atoms with Crippen molar-refractivity contribution >= 4 is 29.9 Å². The molecule has 0 saturated carbocycles. The molecule has 0 amide bonds. The van der Waals surface area contributed by atoms with Crippen LogP contribution in [0.5, 0.6) is 5.75 Å². The molecule has 3 aromatic carbocycles. The first-order chi connectivity index (χ1) is 12.3. The second kappa shape index (κ2) is 7.03. The molecule has 0 fully saturated rings. The maximum atomic E-state index is 14.0. The van der Waals surface area contributed by atoms with Gasteiger partial charge in [-0.15, -0.1) is 0 Å². The lowest BCUT2D eigenvalue weighted by Gasteiger charge is -2.42. The third-order valence-corrected chi connectivity index (χ3v) is 11.7. The highest BCUT2D eigenvalue weighted by Crippen LogP contribution is 2.43. The minimum atomic E-state index is -1.98. The van der Waals surface area contributed by atoms with E-state index < -0.39 is 8.32 Å². The fraction of sp³-hybridized carbons (Fsp3) is 0.391. The highest BCUT2D eigenvalue weighted by molar-refractivity contribution is 6.78. The normalized spacial score (nSPS) is 12.7. The van der Waals surface area contributed by atoms with Gasteiger partial charge in [-0.3, -0.25) is 0 Å². The maximum absolute atomic E-state index is 14.0. The Labute approximate surface area is 157 Å². The maximum Gasteiger partial charge on any atom is 0.258 e. The van der Waals surface area contributed by atoms with Crippen LogP contribution >= 0.6 is 0 Å². The molecule has 137 valence electrons. The first-order valence-corrected chi connectivity index (χ1v) is 11.6. The number of benzene rings is 3. The van der Waals surface area contributed by atoms with E-state index in [2.05, 4.69) is 53.7 Å². The van der Waals surface area contributed by atoms with E-state index in [0.717, 1.165) is 21.9 Å². The lowest BCUT2D eigenvalue weighted by Crippen LogP contribution is -2.50. The smallest absolute Gasteiger partial charge is 0.258 e. The van der Waals surface area contributed by atoms with Crippen LogP contribution < -0.4 is 4.43 Å². The molecule has 0 aliphatic carbocycles. The molecule has 0 unspecified atom stereocenters. The van der Waals surface area contributed by atoms with Crippen molar-refractivity contribution < 1.29 is 8.82 Å². The Morgan fingerprint density at radius 3 is 2.08 bits per heavy atom. The second-order valence-electron chi connectivity index (χ2n) is 8.16. The molecule has 3 rings (SSSR count). The van der Waals surface area contributed by atoms with Gasteiger partial charge in [-0.2, -0.15) is 0 Å². The van der Waals surface area contributed by atoms with Crippen molar-refractivity contribution in [3.8, 4) is 5.75 Å². The monoisotopic (exact) mass is 367 g/mol. The molecule has 3 aromatic rings. The van der Waals surface area contributed by atoms with Crippen LogP contribution in [0.4, 0.5) is 4.39 Å². The van der Waals surface area contributed by atoms with E-state index >= 15 is 0 Å². The van der Waals surface area contributed by atoms with Gasteiger partial charge in [-0.05, 0) is 57.0 Å². The predicted molar refractivity (Wildman–Crippen MR) is 112 cm³/mol. The van der Waals surface area contributed by atoms with Gasteiger partial charge in [-0.1, -0.05) is 59.7 Å². The van der Waals surface area contributed by atoms with Crippen LogP contribution in [0.2, 0.25) is 16.6 Å². The SMILES string of the molecule is CC(C)[Si](Oc1ccc2cc3c(F)[c]ccc3cc2c1)(C(C)C)C(C)C. The molecule has 0 heterocycles. The lowest BCUT2D eigenvalue weighted by molar-refractivity contribution is 0.480. The van der Waals surface area contributed by atoms with Crippen LogP contribution in [0.25, 0.3) is 21.5 Å².